The molecule has 0 fully saturated rings. The van der Waals surface area contributed by atoms with Crippen molar-refractivity contribution in [2.75, 3.05) is 0 Å². The van der Waals surface area contributed by atoms with E-state index in [0.29, 0.717) is 33.6 Å². The monoisotopic (exact) mass is 364 g/mol. The van der Waals surface area contributed by atoms with Gasteiger partial charge in [-0.3, -0.25) is 19.6 Å². The number of pyridine rings is 2. The Bertz CT molecular complexity index is 1050. The van der Waals surface area contributed by atoms with E-state index in [9.17, 15) is 9.59 Å². The van der Waals surface area contributed by atoms with Crippen LogP contribution in [-0.2, 0) is 0 Å². The van der Waals surface area contributed by atoms with Gasteiger partial charge in [-0.05, 0) is 24.3 Å². The van der Waals surface area contributed by atoms with E-state index in [2.05, 4.69) is 9.97 Å². The highest BCUT2D eigenvalue weighted by Gasteiger charge is 2.13. The molecule has 4 rings (SSSR count). The summed E-state index contributed by atoms with van der Waals surface area (Å²) in [5.74, 6) is -0.165. The molecule has 4 nitrogen and oxygen atoms in total. The molecule has 0 atom stereocenters. The van der Waals surface area contributed by atoms with Crippen molar-refractivity contribution in [2.24, 2.45) is 0 Å². The zero-order chi connectivity index (χ0) is 19.3. The van der Waals surface area contributed by atoms with E-state index < -0.39 is 0 Å². The largest absolute Gasteiger partial charge is 0.289 e. The highest BCUT2D eigenvalue weighted by atomic mass is 16.1. The van der Waals surface area contributed by atoms with Crippen molar-refractivity contribution in [1.82, 2.24) is 9.97 Å². The normalized spacial score (nSPS) is 10.4. The standard InChI is InChI=1S/C24H16N2O2/c27-23(17-7-3-1-4-8-17)19-11-13-25-21(15-19)22-16-20(12-14-26-22)24(28)18-9-5-2-6-10-18/h1-16H. The van der Waals surface area contributed by atoms with Crippen LogP contribution in [0.15, 0.2) is 97.3 Å². The van der Waals surface area contributed by atoms with Crippen LogP contribution in [0.1, 0.15) is 31.8 Å². The van der Waals surface area contributed by atoms with E-state index in [0.717, 1.165) is 0 Å². The average Bonchev–Trinajstić information content (AvgIpc) is 2.79. The third-order valence-corrected chi connectivity index (χ3v) is 4.38. The van der Waals surface area contributed by atoms with E-state index in [1.54, 1.807) is 60.9 Å². The molecule has 4 aromatic rings. The fraction of sp³-hybridized carbons (Fsp3) is 0. The number of hydrogen-bond acceptors (Lipinski definition) is 4. The topological polar surface area (TPSA) is 59.9 Å². The summed E-state index contributed by atoms with van der Waals surface area (Å²) in [6, 6.07) is 24.9. The van der Waals surface area contributed by atoms with Gasteiger partial charge in [-0.2, -0.15) is 0 Å². The molecule has 0 amide bonds. The molecule has 28 heavy (non-hydrogen) atoms. The Morgan fingerprint density at radius 3 is 1.29 bits per heavy atom. The predicted molar refractivity (Wildman–Crippen MR) is 107 cm³/mol. The molecule has 2 heterocycles. The van der Waals surface area contributed by atoms with Crippen molar-refractivity contribution >= 4 is 11.6 Å². The van der Waals surface area contributed by atoms with Crippen LogP contribution in [0.2, 0.25) is 0 Å². The van der Waals surface area contributed by atoms with E-state index in [4.69, 9.17) is 0 Å². The second kappa shape index (κ2) is 7.76. The second-order valence-corrected chi connectivity index (χ2v) is 6.25. The lowest BCUT2D eigenvalue weighted by Gasteiger charge is -2.06. The molecular formula is C24H16N2O2. The molecule has 0 spiro atoms. The van der Waals surface area contributed by atoms with Crippen LogP contribution in [0.3, 0.4) is 0 Å². The zero-order valence-corrected chi connectivity index (χ0v) is 14.9. The number of rotatable bonds is 5. The van der Waals surface area contributed by atoms with E-state index in [1.165, 1.54) is 0 Å². The Hall–Kier alpha value is -3.92. The van der Waals surface area contributed by atoms with Crippen LogP contribution in [0, 0.1) is 0 Å². The Labute approximate surface area is 162 Å². The molecule has 0 aliphatic carbocycles. The second-order valence-electron chi connectivity index (χ2n) is 6.25. The number of aromatic nitrogens is 2. The minimum Gasteiger partial charge on any atom is -0.289 e. The lowest BCUT2D eigenvalue weighted by molar-refractivity contribution is 0.103. The first-order chi connectivity index (χ1) is 13.7. The van der Waals surface area contributed by atoms with Crippen LogP contribution in [-0.4, -0.2) is 21.5 Å². The number of nitrogens with zero attached hydrogens (tertiary/aromatic N) is 2. The molecule has 0 N–H and O–H groups in total. The van der Waals surface area contributed by atoms with Crippen molar-refractivity contribution < 1.29 is 9.59 Å². The van der Waals surface area contributed by atoms with Gasteiger partial charge in [-0.15, -0.1) is 0 Å². The summed E-state index contributed by atoms with van der Waals surface area (Å²) < 4.78 is 0. The molecule has 134 valence electrons. The van der Waals surface area contributed by atoms with Crippen LogP contribution in [0.5, 0.6) is 0 Å². The zero-order valence-electron chi connectivity index (χ0n) is 14.9. The van der Waals surface area contributed by atoms with Crippen LogP contribution >= 0.6 is 0 Å². The lowest BCUT2D eigenvalue weighted by atomic mass is 10.0. The Balaban J connectivity index is 1.67. The summed E-state index contributed by atoms with van der Waals surface area (Å²) in [6.07, 6.45) is 3.16. The molecule has 4 heteroatoms. The van der Waals surface area contributed by atoms with E-state index in [-0.39, 0.29) is 11.6 Å². The van der Waals surface area contributed by atoms with Crippen molar-refractivity contribution in [3.63, 3.8) is 0 Å². The first-order valence-corrected chi connectivity index (χ1v) is 8.84. The van der Waals surface area contributed by atoms with Crippen molar-refractivity contribution in [3.05, 3.63) is 120 Å². The summed E-state index contributed by atoms with van der Waals surface area (Å²) >= 11 is 0. The first-order valence-electron chi connectivity index (χ1n) is 8.84. The number of hydrogen-bond donors (Lipinski definition) is 0. The van der Waals surface area contributed by atoms with Gasteiger partial charge in [0.15, 0.2) is 11.6 Å². The van der Waals surface area contributed by atoms with Gasteiger partial charge in [0.2, 0.25) is 0 Å². The number of ketones is 2. The maximum absolute atomic E-state index is 12.7. The molecular weight excluding hydrogens is 348 g/mol. The Morgan fingerprint density at radius 1 is 0.500 bits per heavy atom. The third kappa shape index (κ3) is 3.62. The molecule has 0 saturated carbocycles. The fourth-order valence-corrected chi connectivity index (χ4v) is 2.94. The van der Waals surface area contributed by atoms with Crippen LogP contribution in [0.25, 0.3) is 11.4 Å². The van der Waals surface area contributed by atoms with Crippen molar-refractivity contribution in [1.29, 1.82) is 0 Å². The highest BCUT2D eigenvalue weighted by Crippen LogP contribution is 2.20. The summed E-state index contributed by atoms with van der Waals surface area (Å²) in [4.78, 5) is 34.0. The van der Waals surface area contributed by atoms with Gasteiger partial charge in [0.1, 0.15) is 0 Å². The van der Waals surface area contributed by atoms with Crippen LogP contribution in [0.4, 0.5) is 0 Å². The molecule has 0 unspecified atom stereocenters. The van der Waals surface area contributed by atoms with Crippen molar-refractivity contribution in [3.8, 4) is 11.4 Å². The van der Waals surface area contributed by atoms with E-state index >= 15 is 0 Å². The van der Waals surface area contributed by atoms with Crippen molar-refractivity contribution in [2.45, 2.75) is 0 Å². The molecule has 0 bridgehead atoms. The number of benzene rings is 2. The SMILES string of the molecule is O=C(c1ccccc1)c1ccnc(-c2cc(C(=O)c3ccccc3)ccn2)c1. The maximum Gasteiger partial charge on any atom is 0.193 e. The molecule has 0 aliphatic rings. The van der Waals surface area contributed by atoms with Crippen LogP contribution < -0.4 is 0 Å². The summed E-state index contributed by atoms with van der Waals surface area (Å²) in [5, 5.41) is 0. The molecule has 0 aliphatic heterocycles. The summed E-state index contributed by atoms with van der Waals surface area (Å²) in [6.45, 7) is 0. The maximum atomic E-state index is 12.7. The van der Waals surface area contributed by atoms with Gasteiger partial charge in [-0.25, -0.2) is 0 Å². The van der Waals surface area contributed by atoms with Gasteiger partial charge in [0.05, 0.1) is 11.4 Å². The van der Waals surface area contributed by atoms with E-state index in [1.807, 2.05) is 36.4 Å². The first kappa shape index (κ1) is 17.5. The highest BCUT2D eigenvalue weighted by molar-refractivity contribution is 6.10. The third-order valence-electron chi connectivity index (χ3n) is 4.38. The lowest BCUT2D eigenvalue weighted by Crippen LogP contribution is -2.03. The van der Waals surface area contributed by atoms with Gasteiger partial charge >= 0.3 is 0 Å². The number of carbonyl (C=O) groups excluding carboxylic acids is 2. The minimum atomic E-state index is -0.0826. The molecule has 2 aromatic heterocycles. The van der Waals surface area contributed by atoms with Gasteiger partial charge in [0, 0.05) is 34.6 Å². The average molecular weight is 364 g/mol. The molecule has 0 radical (unpaired) electrons. The Kier molecular flexibility index (Phi) is 4.85. The predicted octanol–water partition coefficient (Wildman–Crippen LogP) is 4.61. The Morgan fingerprint density at radius 2 is 0.893 bits per heavy atom. The minimum absolute atomic E-state index is 0.0826. The smallest absolute Gasteiger partial charge is 0.193 e. The quantitative estimate of drug-likeness (QED) is 0.485. The summed E-state index contributed by atoms with van der Waals surface area (Å²) in [5.41, 5.74) is 3.37. The van der Waals surface area contributed by atoms with Gasteiger partial charge in [0.25, 0.3) is 0 Å². The molecule has 2 aromatic carbocycles. The number of carbonyl (C=O) groups is 2. The summed E-state index contributed by atoms with van der Waals surface area (Å²) in [7, 11) is 0. The van der Waals surface area contributed by atoms with Gasteiger partial charge in [-0.1, -0.05) is 60.7 Å². The van der Waals surface area contributed by atoms with Gasteiger partial charge < -0.3 is 0 Å². The molecule has 0 saturated heterocycles. The fourth-order valence-electron chi connectivity index (χ4n) is 2.94.